The van der Waals surface area contributed by atoms with Gasteiger partial charge in [-0.1, -0.05) is 25.4 Å². The van der Waals surface area contributed by atoms with Gasteiger partial charge in [-0.05, 0) is 42.5 Å². The molecular formula is C17H18ClFN2O3S. The molecule has 0 bridgehead atoms. The van der Waals surface area contributed by atoms with E-state index in [-0.39, 0.29) is 21.2 Å². The van der Waals surface area contributed by atoms with Crippen molar-refractivity contribution in [1.29, 1.82) is 0 Å². The van der Waals surface area contributed by atoms with Crippen molar-refractivity contribution in [2.24, 2.45) is 0 Å². The van der Waals surface area contributed by atoms with Crippen LogP contribution in [0.15, 0.2) is 47.4 Å². The average molecular weight is 385 g/mol. The van der Waals surface area contributed by atoms with Crippen LogP contribution in [0.2, 0.25) is 5.02 Å². The molecule has 1 N–H and O–H groups in total. The molecule has 0 aliphatic heterocycles. The number of rotatable bonds is 6. The van der Waals surface area contributed by atoms with E-state index in [0.29, 0.717) is 13.1 Å². The van der Waals surface area contributed by atoms with Crippen LogP contribution in [0.5, 0.6) is 0 Å². The van der Waals surface area contributed by atoms with E-state index in [1.54, 1.807) is 13.8 Å². The molecule has 0 aliphatic rings. The molecule has 0 spiro atoms. The molecule has 0 atom stereocenters. The third-order valence-corrected chi connectivity index (χ3v) is 5.94. The normalized spacial score (nSPS) is 11.6. The Kier molecular flexibility index (Phi) is 6.16. The number of nitrogens with one attached hydrogen (secondary N) is 1. The van der Waals surface area contributed by atoms with Crippen molar-refractivity contribution in [2.45, 2.75) is 18.7 Å². The Balaban J connectivity index is 2.22. The number of nitrogens with zero attached hydrogens (tertiary/aromatic N) is 1. The largest absolute Gasteiger partial charge is 0.319 e. The molecule has 8 heteroatoms. The van der Waals surface area contributed by atoms with Crippen LogP contribution >= 0.6 is 11.6 Å². The number of hydrogen-bond donors (Lipinski definition) is 1. The van der Waals surface area contributed by atoms with Crippen molar-refractivity contribution < 1.29 is 17.6 Å². The minimum Gasteiger partial charge on any atom is -0.319 e. The number of amides is 1. The summed E-state index contributed by atoms with van der Waals surface area (Å²) in [7, 11) is -3.59. The van der Waals surface area contributed by atoms with Gasteiger partial charge in [-0.2, -0.15) is 4.31 Å². The predicted octanol–water partition coefficient (Wildman–Crippen LogP) is 3.76. The Morgan fingerprint density at radius 3 is 2.28 bits per heavy atom. The highest BCUT2D eigenvalue weighted by Crippen LogP contribution is 2.21. The fraction of sp³-hybridized carbons (Fsp3) is 0.235. The lowest BCUT2D eigenvalue weighted by Gasteiger charge is -2.18. The minimum absolute atomic E-state index is 0.0441. The molecule has 0 saturated carbocycles. The summed E-state index contributed by atoms with van der Waals surface area (Å²) in [6, 6.07) is 9.31. The molecule has 0 aromatic heterocycles. The van der Waals surface area contributed by atoms with Crippen LogP contribution < -0.4 is 5.32 Å². The zero-order valence-electron chi connectivity index (χ0n) is 13.8. The predicted molar refractivity (Wildman–Crippen MR) is 95.9 cm³/mol. The lowest BCUT2D eigenvalue weighted by atomic mass is 10.2. The van der Waals surface area contributed by atoms with Crippen molar-refractivity contribution in [3.63, 3.8) is 0 Å². The van der Waals surface area contributed by atoms with E-state index < -0.39 is 21.7 Å². The number of sulfonamides is 1. The highest BCUT2D eigenvalue weighted by molar-refractivity contribution is 7.89. The molecule has 0 aliphatic carbocycles. The molecule has 0 radical (unpaired) electrons. The fourth-order valence-corrected chi connectivity index (χ4v) is 3.91. The molecule has 5 nitrogen and oxygen atoms in total. The van der Waals surface area contributed by atoms with Gasteiger partial charge in [0.05, 0.1) is 10.6 Å². The highest BCUT2D eigenvalue weighted by Gasteiger charge is 2.21. The Labute approximate surface area is 151 Å². The van der Waals surface area contributed by atoms with Gasteiger partial charge in [0.15, 0.2) is 0 Å². The molecule has 2 rings (SSSR count). The number of hydrogen-bond acceptors (Lipinski definition) is 3. The van der Waals surface area contributed by atoms with Crippen molar-refractivity contribution in [2.75, 3.05) is 18.4 Å². The number of benzene rings is 2. The number of carbonyl (C=O) groups is 1. The van der Waals surface area contributed by atoms with Gasteiger partial charge < -0.3 is 5.32 Å². The first-order valence-corrected chi connectivity index (χ1v) is 9.48. The second kappa shape index (κ2) is 7.95. The molecule has 0 saturated heterocycles. The third kappa shape index (κ3) is 4.36. The molecule has 0 fully saturated rings. The minimum atomic E-state index is -3.59. The van der Waals surface area contributed by atoms with Gasteiger partial charge in [-0.25, -0.2) is 12.8 Å². The van der Waals surface area contributed by atoms with E-state index in [0.717, 1.165) is 6.07 Å². The van der Waals surface area contributed by atoms with E-state index in [2.05, 4.69) is 5.32 Å². The molecule has 0 heterocycles. The van der Waals surface area contributed by atoms with Crippen LogP contribution in [0.1, 0.15) is 24.2 Å². The maximum atomic E-state index is 13.7. The molecule has 2 aromatic rings. The first-order valence-electron chi connectivity index (χ1n) is 7.66. The highest BCUT2D eigenvalue weighted by atomic mass is 35.5. The zero-order chi connectivity index (χ0) is 18.6. The first kappa shape index (κ1) is 19.4. The average Bonchev–Trinajstić information content (AvgIpc) is 2.59. The Morgan fingerprint density at radius 2 is 1.72 bits per heavy atom. The summed E-state index contributed by atoms with van der Waals surface area (Å²) in [4.78, 5) is 12.3. The number of carbonyl (C=O) groups excluding carboxylic acids is 1. The van der Waals surface area contributed by atoms with Gasteiger partial charge >= 0.3 is 0 Å². The lowest BCUT2D eigenvalue weighted by molar-refractivity contribution is 0.102. The second-order valence-corrected chi connectivity index (χ2v) is 7.57. The molecule has 1 amide bonds. The maximum Gasteiger partial charge on any atom is 0.255 e. The first-order chi connectivity index (χ1) is 11.8. The van der Waals surface area contributed by atoms with E-state index in [9.17, 15) is 17.6 Å². The van der Waals surface area contributed by atoms with Crippen LogP contribution in [0, 0.1) is 5.82 Å². The van der Waals surface area contributed by atoms with Gasteiger partial charge in [-0.3, -0.25) is 4.79 Å². The standard InChI is InChI=1S/C17H18ClFN2O3S/c1-3-21(4-2)25(23,24)14-8-5-12(6-9-14)17(22)20-16-11-13(18)7-10-15(16)19/h5-11H,3-4H2,1-2H3,(H,20,22). The van der Waals surface area contributed by atoms with Crippen molar-refractivity contribution in [1.82, 2.24) is 4.31 Å². The summed E-state index contributed by atoms with van der Waals surface area (Å²) in [6.07, 6.45) is 0. The number of halogens is 2. The van der Waals surface area contributed by atoms with Crippen LogP contribution in [-0.2, 0) is 10.0 Å². The summed E-state index contributed by atoms with van der Waals surface area (Å²) >= 11 is 5.79. The quantitative estimate of drug-likeness (QED) is 0.824. The molecule has 25 heavy (non-hydrogen) atoms. The molecule has 2 aromatic carbocycles. The SMILES string of the molecule is CCN(CC)S(=O)(=O)c1ccc(C(=O)Nc2cc(Cl)ccc2F)cc1. The Morgan fingerprint density at radius 1 is 1.12 bits per heavy atom. The second-order valence-electron chi connectivity index (χ2n) is 5.19. The van der Waals surface area contributed by atoms with Gasteiger partial charge in [0.2, 0.25) is 10.0 Å². The molecule has 0 unspecified atom stereocenters. The van der Waals surface area contributed by atoms with Crippen LogP contribution in [0.3, 0.4) is 0 Å². The van der Waals surface area contributed by atoms with E-state index in [1.807, 2.05) is 0 Å². The van der Waals surface area contributed by atoms with Crippen LogP contribution in [-0.4, -0.2) is 31.7 Å². The third-order valence-electron chi connectivity index (χ3n) is 3.64. The topological polar surface area (TPSA) is 66.5 Å². The molecular weight excluding hydrogens is 367 g/mol. The Bertz CT molecular complexity index is 866. The lowest BCUT2D eigenvalue weighted by Crippen LogP contribution is -2.30. The fourth-order valence-electron chi connectivity index (χ4n) is 2.28. The van der Waals surface area contributed by atoms with Crippen molar-refractivity contribution >= 4 is 33.2 Å². The zero-order valence-corrected chi connectivity index (χ0v) is 15.4. The van der Waals surface area contributed by atoms with E-state index >= 15 is 0 Å². The summed E-state index contributed by atoms with van der Waals surface area (Å²) < 4.78 is 39.8. The van der Waals surface area contributed by atoms with Gasteiger partial charge in [0.25, 0.3) is 5.91 Å². The van der Waals surface area contributed by atoms with Gasteiger partial charge in [0.1, 0.15) is 5.82 Å². The summed E-state index contributed by atoms with van der Waals surface area (Å²) in [5.74, 6) is -1.17. The van der Waals surface area contributed by atoms with E-state index in [1.165, 1.54) is 40.7 Å². The van der Waals surface area contributed by atoms with Crippen LogP contribution in [0.4, 0.5) is 10.1 Å². The van der Waals surface area contributed by atoms with Crippen LogP contribution in [0.25, 0.3) is 0 Å². The van der Waals surface area contributed by atoms with Crippen molar-refractivity contribution in [3.8, 4) is 0 Å². The Hall–Kier alpha value is -1.96. The summed E-state index contributed by atoms with van der Waals surface area (Å²) in [5, 5.41) is 2.70. The smallest absolute Gasteiger partial charge is 0.255 e. The summed E-state index contributed by atoms with van der Waals surface area (Å²) in [5.41, 5.74) is 0.162. The maximum absolute atomic E-state index is 13.7. The van der Waals surface area contributed by atoms with Gasteiger partial charge in [0, 0.05) is 23.7 Å². The van der Waals surface area contributed by atoms with E-state index in [4.69, 9.17) is 11.6 Å². The van der Waals surface area contributed by atoms with Gasteiger partial charge in [-0.15, -0.1) is 0 Å². The van der Waals surface area contributed by atoms with Crippen molar-refractivity contribution in [3.05, 3.63) is 58.9 Å². The molecule has 134 valence electrons. The summed E-state index contributed by atoms with van der Waals surface area (Å²) in [6.45, 7) is 4.22. The number of anilines is 1. The monoisotopic (exact) mass is 384 g/mol.